The van der Waals surface area contributed by atoms with Crippen molar-refractivity contribution >= 4 is 11.7 Å². The monoisotopic (exact) mass is 313 g/mol. The summed E-state index contributed by atoms with van der Waals surface area (Å²) in [7, 11) is 0. The van der Waals surface area contributed by atoms with Crippen molar-refractivity contribution in [3.05, 3.63) is 42.5 Å². The number of furan rings is 1. The molecular formula is C16H15N3O4. The molecule has 2 aromatic heterocycles. The van der Waals surface area contributed by atoms with Gasteiger partial charge in [0.2, 0.25) is 5.91 Å². The molecule has 1 unspecified atom stereocenters. The number of hydrogen-bond acceptors (Lipinski definition) is 6. The summed E-state index contributed by atoms with van der Waals surface area (Å²) in [6.07, 6.45) is 2.78. The highest BCUT2D eigenvalue weighted by Gasteiger charge is 2.27. The predicted octanol–water partition coefficient (Wildman–Crippen LogP) is 1.80. The average molecular weight is 313 g/mol. The van der Waals surface area contributed by atoms with Gasteiger partial charge < -0.3 is 14.2 Å². The first-order chi connectivity index (χ1) is 11.1. The van der Waals surface area contributed by atoms with Gasteiger partial charge in [0.1, 0.15) is 5.76 Å². The second-order valence-electron chi connectivity index (χ2n) is 4.74. The first-order valence-corrected chi connectivity index (χ1v) is 6.88. The van der Waals surface area contributed by atoms with E-state index in [0.717, 1.165) is 0 Å². The zero-order chi connectivity index (χ0) is 16.8. The van der Waals surface area contributed by atoms with Crippen molar-refractivity contribution in [2.24, 2.45) is 5.92 Å². The van der Waals surface area contributed by atoms with Gasteiger partial charge in [-0.2, -0.15) is 5.26 Å². The van der Waals surface area contributed by atoms with Crippen LogP contribution in [0.25, 0.3) is 11.7 Å². The smallest absolute Gasteiger partial charge is 0.263 e. The molecule has 0 aliphatic rings. The molecule has 2 rings (SSSR count). The maximum absolute atomic E-state index is 12.2. The molecule has 0 saturated heterocycles. The molecule has 1 atom stereocenters. The Morgan fingerprint density at radius 3 is 2.96 bits per heavy atom. The molecule has 0 saturated carbocycles. The Balaban J connectivity index is 2.12. The number of ketones is 1. The van der Waals surface area contributed by atoms with Gasteiger partial charge in [-0.1, -0.05) is 6.08 Å². The number of aromatic nitrogens is 1. The fourth-order valence-electron chi connectivity index (χ4n) is 1.92. The van der Waals surface area contributed by atoms with Crippen LogP contribution in [0.3, 0.4) is 0 Å². The maximum Gasteiger partial charge on any atom is 0.263 e. The van der Waals surface area contributed by atoms with Gasteiger partial charge in [0.05, 0.1) is 24.4 Å². The van der Waals surface area contributed by atoms with Crippen molar-refractivity contribution < 1.29 is 18.4 Å². The average Bonchev–Trinajstić information content (AvgIpc) is 3.16. The van der Waals surface area contributed by atoms with Crippen molar-refractivity contribution in [1.29, 1.82) is 5.26 Å². The van der Waals surface area contributed by atoms with Gasteiger partial charge in [-0.3, -0.25) is 9.59 Å². The second kappa shape index (κ2) is 7.22. The molecule has 0 spiro atoms. The van der Waals surface area contributed by atoms with Gasteiger partial charge in [0.25, 0.3) is 5.89 Å². The highest BCUT2D eigenvalue weighted by Crippen LogP contribution is 2.22. The van der Waals surface area contributed by atoms with E-state index in [1.807, 2.05) is 0 Å². The number of hydrogen-bond donors (Lipinski definition) is 1. The van der Waals surface area contributed by atoms with Gasteiger partial charge in [-0.05, 0) is 19.1 Å². The lowest BCUT2D eigenvalue weighted by Gasteiger charge is -2.07. The van der Waals surface area contributed by atoms with Gasteiger partial charge in [0.15, 0.2) is 17.5 Å². The lowest BCUT2D eigenvalue weighted by molar-refractivity contribution is -0.131. The third kappa shape index (κ3) is 3.74. The quantitative estimate of drug-likeness (QED) is 0.616. The number of rotatable bonds is 7. The molecule has 1 amide bonds. The van der Waals surface area contributed by atoms with E-state index in [1.54, 1.807) is 25.1 Å². The molecular weight excluding hydrogens is 298 g/mol. The fourth-order valence-corrected chi connectivity index (χ4v) is 1.92. The highest BCUT2D eigenvalue weighted by molar-refractivity contribution is 6.04. The Bertz CT molecular complexity index is 753. The van der Waals surface area contributed by atoms with E-state index in [2.05, 4.69) is 16.9 Å². The molecule has 0 aromatic carbocycles. The van der Waals surface area contributed by atoms with Crippen LogP contribution in [-0.2, 0) is 16.0 Å². The molecule has 0 fully saturated rings. The number of nitrogens with one attached hydrogen (secondary N) is 1. The summed E-state index contributed by atoms with van der Waals surface area (Å²) in [5.74, 6) is -1.46. The summed E-state index contributed by atoms with van der Waals surface area (Å²) in [5, 5.41) is 11.5. The third-order valence-electron chi connectivity index (χ3n) is 3.10. The molecule has 0 aliphatic heterocycles. The zero-order valence-electron chi connectivity index (χ0n) is 12.5. The molecule has 2 heterocycles. The Morgan fingerprint density at radius 2 is 2.35 bits per heavy atom. The van der Waals surface area contributed by atoms with Gasteiger partial charge in [-0.25, -0.2) is 4.98 Å². The lowest BCUT2D eigenvalue weighted by atomic mass is 10.0. The molecule has 23 heavy (non-hydrogen) atoms. The summed E-state index contributed by atoms with van der Waals surface area (Å²) in [6.45, 7) is 5.30. The van der Waals surface area contributed by atoms with Crippen LogP contribution in [0.1, 0.15) is 11.5 Å². The van der Waals surface area contributed by atoms with Crippen LogP contribution in [0.4, 0.5) is 0 Å². The Morgan fingerprint density at radius 1 is 1.57 bits per heavy atom. The van der Waals surface area contributed by atoms with E-state index in [4.69, 9.17) is 14.1 Å². The van der Waals surface area contributed by atoms with E-state index in [-0.39, 0.29) is 18.9 Å². The van der Waals surface area contributed by atoms with Crippen molar-refractivity contribution in [3.63, 3.8) is 0 Å². The number of nitriles is 1. The number of carbonyl (C=O) groups is 2. The summed E-state index contributed by atoms with van der Waals surface area (Å²) in [4.78, 5) is 28.2. The van der Waals surface area contributed by atoms with Crippen LogP contribution < -0.4 is 5.32 Å². The first-order valence-electron chi connectivity index (χ1n) is 6.88. The predicted molar refractivity (Wildman–Crippen MR) is 80.0 cm³/mol. The molecule has 7 heteroatoms. The maximum atomic E-state index is 12.2. The van der Waals surface area contributed by atoms with Crippen molar-refractivity contribution in [2.75, 3.05) is 6.54 Å². The number of amides is 1. The number of oxazole rings is 1. The standard InChI is InChI=1S/C16H15N3O4/c1-3-6-18-15(21)11(9-17)13(20)8-12-10(2)23-16(19-12)14-5-4-7-22-14/h3-5,7,11H,1,6,8H2,2H3,(H,18,21). The highest BCUT2D eigenvalue weighted by atomic mass is 16.4. The summed E-state index contributed by atoms with van der Waals surface area (Å²) < 4.78 is 10.6. The van der Waals surface area contributed by atoms with Crippen molar-refractivity contribution in [2.45, 2.75) is 13.3 Å². The van der Waals surface area contributed by atoms with Crippen LogP contribution in [0.5, 0.6) is 0 Å². The number of Topliss-reactive ketones (excluding diaryl/α,β-unsaturated/α-hetero) is 1. The number of aryl methyl sites for hydroxylation is 1. The molecule has 1 N–H and O–H groups in total. The van der Waals surface area contributed by atoms with Crippen LogP contribution in [-0.4, -0.2) is 23.2 Å². The summed E-state index contributed by atoms with van der Waals surface area (Å²) >= 11 is 0. The fraction of sp³-hybridized carbons (Fsp3) is 0.250. The molecule has 0 radical (unpaired) electrons. The van der Waals surface area contributed by atoms with Crippen LogP contribution in [0, 0.1) is 24.2 Å². The molecule has 118 valence electrons. The van der Waals surface area contributed by atoms with Crippen LogP contribution in [0.15, 0.2) is 39.9 Å². The second-order valence-corrected chi connectivity index (χ2v) is 4.74. The Hall–Kier alpha value is -3.14. The SMILES string of the molecule is C=CCNC(=O)C(C#N)C(=O)Cc1nc(-c2ccco2)oc1C. The minimum Gasteiger partial charge on any atom is -0.459 e. The van der Waals surface area contributed by atoms with E-state index in [1.165, 1.54) is 12.3 Å². The van der Waals surface area contributed by atoms with Crippen molar-refractivity contribution in [1.82, 2.24) is 10.3 Å². The van der Waals surface area contributed by atoms with Gasteiger partial charge >= 0.3 is 0 Å². The van der Waals surface area contributed by atoms with E-state index < -0.39 is 17.6 Å². The molecule has 7 nitrogen and oxygen atoms in total. The largest absolute Gasteiger partial charge is 0.459 e. The molecule has 0 aliphatic carbocycles. The van der Waals surface area contributed by atoms with Gasteiger partial charge in [-0.15, -0.1) is 6.58 Å². The summed E-state index contributed by atoms with van der Waals surface area (Å²) in [6, 6.07) is 5.08. The number of carbonyl (C=O) groups excluding carboxylic acids is 2. The minimum atomic E-state index is -1.39. The first kappa shape index (κ1) is 16.2. The minimum absolute atomic E-state index is 0.171. The van der Waals surface area contributed by atoms with Crippen molar-refractivity contribution in [3.8, 4) is 17.7 Å². The molecule has 2 aromatic rings. The van der Waals surface area contributed by atoms with Crippen LogP contribution >= 0.6 is 0 Å². The topological polar surface area (TPSA) is 109 Å². The Labute approximate surface area is 132 Å². The van der Waals surface area contributed by atoms with E-state index in [9.17, 15) is 9.59 Å². The lowest BCUT2D eigenvalue weighted by Crippen LogP contribution is -2.35. The van der Waals surface area contributed by atoms with E-state index >= 15 is 0 Å². The normalized spacial score (nSPS) is 11.5. The molecule has 0 bridgehead atoms. The van der Waals surface area contributed by atoms with Crippen LogP contribution in [0.2, 0.25) is 0 Å². The third-order valence-corrected chi connectivity index (χ3v) is 3.10. The van der Waals surface area contributed by atoms with E-state index in [0.29, 0.717) is 17.2 Å². The number of nitrogens with zero attached hydrogens (tertiary/aromatic N) is 2. The van der Waals surface area contributed by atoms with Gasteiger partial charge in [0, 0.05) is 6.54 Å². The zero-order valence-corrected chi connectivity index (χ0v) is 12.5. The summed E-state index contributed by atoms with van der Waals surface area (Å²) in [5.41, 5.74) is 0.373. The Kier molecular flexibility index (Phi) is 5.10.